The second-order valence-corrected chi connectivity index (χ2v) is 5.65. The van der Waals surface area contributed by atoms with Gasteiger partial charge in [0.1, 0.15) is 0 Å². The van der Waals surface area contributed by atoms with E-state index < -0.39 is 0 Å². The van der Waals surface area contributed by atoms with E-state index in [1.807, 2.05) is 18.9 Å². The van der Waals surface area contributed by atoms with Crippen molar-refractivity contribution in [1.29, 1.82) is 0 Å². The van der Waals surface area contributed by atoms with Gasteiger partial charge < -0.3 is 14.5 Å². The Labute approximate surface area is 125 Å². The average Bonchev–Trinajstić information content (AvgIpc) is 2.42. The van der Waals surface area contributed by atoms with Crippen LogP contribution in [-0.4, -0.2) is 59.7 Å². The van der Waals surface area contributed by atoms with E-state index in [9.17, 15) is 0 Å². The molecule has 0 saturated heterocycles. The lowest BCUT2D eigenvalue weighted by Crippen LogP contribution is -2.57. The zero-order chi connectivity index (χ0) is 15.5. The van der Waals surface area contributed by atoms with Gasteiger partial charge in [-0.2, -0.15) is 15.0 Å². The molecule has 0 unspecified atom stereocenters. The van der Waals surface area contributed by atoms with Gasteiger partial charge in [0, 0.05) is 19.1 Å². The second kappa shape index (κ2) is 6.40. The topological polar surface area (TPSA) is 92.4 Å². The quantitative estimate of drug-likeness (QED) is 0.554. The van der Waals surface area contributed by atoms with E-state index in [-0.39, 0.29) is 11.5 Å². The number of rotatable bonds is 7. The lowest BCUT2D eigenvalue weighted by molar-refractivity contribution is 0.0680. The van der Waals surface area contributed by atoms with Crippen molar-refractivity contribution >= 4 is 11.9 Å². The fraction of sp³-hybridized carbons (Fsp3) is 0.769. The van der Waals surface area contributed by atoms with E-state index in [2.05, 4.69) is 39.4 Å². The van der Waals surface area contributed by atoms with Crippen molar-refractivity contribution in [3.05, 3.63) is 0 Å². The molecular formula is C13H25N7O. The molecule has 8 nitrogen and oxygen atoms in total. The number of nitrogens with zero attached hydrogens (tertiary/aromatic N) is 5. The van der Waals surface area contributed by atoms with Crippen LogP contribution >= 0.6 is 0 Å². The Morgan fingerprint density at radius 3 is 2.43 bits per heavy atom. The first-order valence-electron chi connectivity index (χ1n) is 7.25. The third kappa shape index (κ3) is 3.33. The van der Waals surface area contributed by atoms with Crippen LogP contribution in [0.3, 0.4) is 0 Å². The number of hydrogen-bond acceptors (Lipinski definition) is 8. The maximum Gasteiger partial charge on any atom is 0.323 e. The van der Waals surface area contributed by atoms with Gasteiger partial charge in [-0.3, -0.25) is 5.43 Å². The molecule has 3 N–H and O–H groups in total. The predicted octanol–water partition coefficient (Wildman–Crippen LogP) is 0.476. The normalized spacial score (nSPS) is 16.5. The molecule has 1 aromatic heterocycles. The van der Waals surface area contributed by atoms with Crippen LogP contribution in [0.5, 0.6) is 6.01 Å². The Balaban J connectivity index is 2.17. The van der Waals surface area contributed by atoms with Gasteiger partial charge in [0.2, 0.25) is 11.9 Å². The van der Waals surface area contributed by atoms with Gasteiger partial charge in [0.05, 0.1) is 6.61 Å². The lowest BCUT2D eigenvalue weighted by Gasteiger charge is -2.49. The van der Waals surface area contributed by atoms with Gasteiger partial charge in [0.25, 0.3) is 0 Å². The molecule has 1 aliphatic carbocycles. The summed E-state index contributed by atoms with van der Waals surface area (Å²) in [6.07, 6.45) is 3.65. The number of nitrogen functional groups attached to an aromatic ring is 1. The summed E-state index contributed by atoms with van der Waals surface area (Å²) < 4.78 is 5.36. The summed E-state index contributed by atoms with van der Waals surface area (Å²) in [4.78, 5) is 17.0. The van der Waals surface area contributed by atoms with E-state index in [0.29, 0.717) is 18.5 Å². The summed E-state index contributed by atoms with van der Waals surface area (Å²) in [5.41, 5.74) is 2.65. The van der Waals surface area contributed by atoms with Crippen molar-refractivity contribution in [1.82, 2.24) is 19.9 Å². The summed E-state index contributed by atoms with van der Waals surface area (Å²) in [7, 11) is 6.23. The smallest absolute Gasteiger partial charge is 0.323 e. The van der Waals surface area contributed by atoms with Gasteiger partial charge in [-0.15, -0.1) is 0 Å². The minimum atomic E-state index is 0.198. The summed E-state index contributed by atoms with van der Waals surface area (Å²) in [5.74, 6) is 6.28. The van der Waals surface area contributed by atoms with Crippen LogP contribution in [0.15, 0.2) is 0 Å². The Kier molecular flexibility index (Phi) is 4.79. The van der Waals surface area contributed by atoms with Gasteiger partial charge >= 0.3 is 6.01 Å². The number of hydrazine groups is 1. The molecule has 0 aliphatic heterocycles. The molecular weight excluding hydrogens is 270 g/mol. The van der Waals surface area contributed by atoms with Crippen LogP contribution < -0.4 is 20.9 Å². The van der Waals surface area contributed by atoms with Crippen molar-refractivity contribution in [2.24, 2.45) is 5.84 Å². The summed E-state index contributed by atoms with van der Waals surface area (Å²) in [6, 6.07) is 0.287. The highest BCUT2D eigenvalue weighted by molar-refractivity contribution is 5.37. The number of anilines is 2. The molecule has 0 amide bonds. The number of ether oxygens (including phenoxy) is 1. The minimum Gasteiger partial charge on any atom is -0.464 e. The zero-order valence-corrected chi connectivity index (χ0v) is 13.3. The molecule has 8 heteroatoms. The highest BCUT2D eigenvalue weighted by atomic mass is 16.5. The molecule has 0 bridgehead atoms. The molecule has 118 valence electrons. The Bertz CT molecular complexity index is 476. The first-order chi connectivity index (χ1) is 10.0. The largest absolute Gasteiger partial charge is 0.464 e. The van der Waals surface area contributed by atoms with Crippen LogP contribution in [0.25, 0.3) is 0 Å². The average molecular weight is 295 g/mol. The fourth-order valence-electron chi connectivity index (χ4n) is 2.62. The molecule has 1 aromatic rings. The Hall–Kier alpha value is -1.67. The van der Waals surface area contributed by atoms with Crippen molar-refractivity contribution in [2.75, 3.05) is 44.6 Å². The van der Waals surface area contributed by atoms with Gasteiger partial charge in [0.15, 0.2) is 0 Å². The highest BCUT2D eigenvalue weighted by Gasteiger charge is 2.40. The van der Waals surface area contributed by atoms with Crippen LogP contribution in [0.1, 0.15) is 26.2 Å². The van der Waals surface area contributed by atoms with Crippen molar-refractivity contribution in [2.45, 2.75) is 31.7 Å². The van der Waals surface area contributed by atoms with Crippen LogP contribution in [0.2, 0.25) is 0 Å². The number of aromatic nitrogens is 3. The van der Waals surface area contributed by atoms with Crippen LogP contribution in [0, 0.1) is 0 Å². The highest BCUT2D eigenvalue weighted by Crippen LogP contribution is 2.37. The number of likely N-dealkylation sites (N-methyl/N-ethyl adjacent to an activating group) is 2. The monoisotopic (exact) mass is 295 g/mol. The molecule has 0 atom stereocenters. The standard InChI is InChI=1S/C13H25N7O/c1-5-21-12-16-10(18-14)15-11(17-12)20(4)9-13(19(2)3)7-6-8-13/h5-9,14H2,1-4H3,(H,15,16,17,18). The first kappa shape index (κ1) is 15.7. The zero-order valence-electron chi connectivity index (χ0n) is 13.3. The first-order valence-corrected chi connectivity index (χ1v) is 7.25. The number of nitrogens with one attached hydrogen (secondary N) is 1. The molecule has 0 spiro atoms. The predicted molar refractivity (Wildman–Crippen MR) is 82.3 cm³/mol. The molecule has 0 aromatic carbocycles. The van der Waals surface area contributed by atoms with E-state index in [1.54, 1.807) is 0 Å². The Morgan fingerprint density at radius 2 is 1.95 bits per heavy atom. The number of hydrogen-bond donors (Lipinski definition) is 2. The fourth-order valence-corrected chi connectivity index (χ4v) is 2.62. The van der Waals surface area contributed by atoms with E-state index in [0.717, 1.165) is 6.54 Å². The molecule has 0 radical (unpaired) electrons. The minimum absolute atomic E-state index is 0.198. The molecule has 1 heterocycles. The molecule has 1 fully saturated rings. The SMILES string of the molecule is CCOc1nc(NN)nc(N(C)CC2(N(C)C)CCC2)n1. The molecule has 21 heavy (non-hydrogen) atoms. The van der Waals surface area contributed by atoms with Gasteiger partial charge in [-0.1, -0.05) is 0 Å². The molecule has 1 aliphatic rings. The maximum atomic E-state index is 5.41. The third-order valence-electron chi connectivity index (χ3n) is 4.11. The molecule has 2 rings (SSSR count). The van der Waals surface area contributed by atoms with Crippen molar-refractivity contribution < 1.29 is 4.74 Å². The van der Waals surface area contributed by atoms with Crippen LogP contribution in [0.4, 0.5) is 11.9 Å². The summed E-state index contributed by atoms with van der Waals surface area (Å²) in [5, 5.41) is 0. The lowest BCUT2D eigenvalue weighted by atomic mass is 9.75. The second-order valence-electron chi connectivity index (χ2n) is 5.65. The van der Waals surface area contributed by atoms with E-state index in [1.165, 1.54) is 19.3 Å². The Morgan fingerprint density at radius 1 is 1.24 bits per heavy atom. The van der Waals surface area contributed by atoms with Crippen LogP contribution in [-0.2, 0) is 0 Å². The summed E-state index contributed by atoms with van der Waals surface area (Å²) in [6.45, 7) is 3.25. The molecule has 1 saturated carbocycles. The van der Waals surface area contributed by atoms with E-state index in [4.69, 9.17) is 10.6 Å². The van der Waals surface area contributed by atoms with Crippen molar-refractivity contribution in [3.8, 4) is 6.01 Å². The van der Waals surface area contributed by atoms with Crippen molar-refractivity contribution in [3.63, 3.8) is 0 Å². The van der Waals surface area contributed by atoms with Gasteiger partial charge in [-0.25, -0.2) is 5.84 Å². The third-order valence-corrected chi connectivity index (χ3v) is 4.11. The van der Waals surface area contributed by atoms with E-state index >= 15 is 0 Å². The maximum absolute atomic E-state index is 5.41. The van der Waals surface area contributed by atoms with Gasteiger partial charge in [-0.05, 0) is 40.3 Å². The number of nitrogens with two attached hydrogens (primary N) is 1. The summed E-state index contributed by atoms with van der Waals surface area (Å²) >= 11 is 0.